The number of rotatable bonds is 6. The van der Waals surface area contributed by atoms with E-state index in [0.29, 0.717) is 0 Å². The predicted molar refractivity (Wildman–Crippen MR) is 53.4 cm³/mol. The van der Waals surface area contributed by atoms with E-state index in [0.717, 1.165) is 0 Å². The van der Waals surface area contributed by atoms with Crippen molar-refractivity contribution in [2.24, 2.45) is 0 Å². The fourth-order valence-electron chi connectivity index (χ4n) is 0.500. The van der Waals surface area contributed by atoms with Crippen molar-refractivity contribution < 1.29 is 58.0 Å². The Morgan fingerprint density at radius 2 is 0.562 bits per heavy atom. The van der Waals surface area contributed by atoms with Gasteiger partial charge in [-0.05, 0) is 0 Å². The molecule has 0 bridgehead atoms. The number of hydrogen-bond acceptors (Lipinski definition) is 6. The molecule has 0 aromatic carbocycles. The van der Waals surface area contributed by atoms with E-state index < -0.39 is 38.1 Å². The van der Waals surface area contributed by atoms with Crippen molar-refractivity contribution in [3.8, 4) is 0 Å². The summed E-state index contributed by atoms with van der Waals surface area (Å²) >= 11 is -3.81. The molecular weight excluding hydrogens is 288 g/mol. The van der Waals surface area contributed by atoms with Crippen LogP contribution in [-0.2, 0) is 58.0 Å². The van der Waals surface area contributed by atoms with Crippen LogP contribution in [0.25, 0.3) is 0 Å². The molecule has 0 spiro atoms. The average Bonchev–Trinajstić information content (AvgIpc) is 2.37. The maximum atomic E-state index is 4.77. The third kappa shape index (κ3) is 17.6. The van der Waals surface area contributed by atoms with Crippen LogP contribution in [-0.4, -0.2) is 42.7 Å². The van der Waals surface area contributed by atoms with Crippen LogP contribution in [0.2, 0.25) is 0 Å². The summed E-state index contributed by atoms with van der Waals surface area (Å²) in [6.45, 7) is 4.00. The first-order valence-electron chi connectivity index (χ1n) is 4.67. The molecule has 6 nitrogen and oxygen atoms in total. The summed E-state index contributed by atoms with van der Waals surface area (Å²) in [5.74, 6) is 0. The molecule has 0 atom stereocenters. The molecule has 0 aliphatic rings. The van der Waals surface area contributed by atoms with Gasteiger partial charge in [-0.25, -0.2) is 0 Å². The molecule has 0 aromatic heterocycles. The summed E-state index contributed by atoms with van der Waals surface area (Å²) in [6.07, 6.45) is 0. The molecular formula is C8H24O6Ti2. The summed E-state index contributed by atoms with van der Waals surface area (Å²) in [4.78, 5) is 0. The van der Waals surface area contributed by atoms with Crippen molar-refractivity contribution in [3.63, 3.8) is 0 Å². The second-order valence-corrected chi connectivity index (χ2v) is 7.11. The zero-order valence-corrected chi connectivity index (χ0v) is 14.6. The van der Waals surface area contributed by atoms with E-state index in [9.17, 15) is 0 Å². The van der Waals surface area contributed by atoms with Crippen LogP contribution < -0.4 is 0 Å². The fraction of sp³-hybridized carbons (Fsp3) is 1.00. The predicted octanol–water partition coefficient (Wildman–Crippen LogP) is 1.60. The summed E-state index contributed by atoms with van der Waals surface area (Å²) in [6, 6.07) is 0. The van der Waals surface area contributed by atoms with E-state index in [2.05, 4.69) is 0 Å². The first-order valence-corrected chi connectivity index (χ1v) is 8.50. The van der Waals surface area contributed by atoms with Crippen LogP contribution in [0.15, 0.2) is 0 Å². The molecule has 0 saturated heterocycles. The summed E-state index contributed by atoms with van der Waals surface area (Å²) in [7, 11) is 9.51. The van der Waals surface area contributed by atoms with E-state index >= 15 is 0 Å². The van der Waals surface area contributed by atoms with E-state index in [1.165, 1.54) is 0 Å². The van der Waals surface area contributed by atoms with Gasteiger partial charge in [0.2, 0.25) is 0 Å². The second kappa shape index (κ2) is 21.5. The van der Waals surface area contributed by atoms with Gasteiger partial charge in [-0.1, -0.05) is 13.8 Å². The van der Waals surface area contributed by atoms with Gasteiger partial charge in [-0.15, -0.1) is 0 Å². The van der Waals surface area contributed by atoms with Gasteiger partial charge in [0, 0.05) is 0 Å². The molecule has 0 radical (unpaired) electrons. The summed E-state index contributed by atoms with van der Waals surface area (Å²) in [5, 5.41) is 0. The summed E-state index contributed by atoms with van der Waals surface area (Å²) < 4.78 is 28.6. The zero-order valence-electron chi connectivity index (χ0n) is 11.4. The Morgan fingerprint density at radius 3 is 0.562 bits per heavy atom. The second-order valence-electron chi connectivity index (χ2n) is 1.72. The molecule has 0 heterocycles. The van der Waals surface area contributed by atoms with Crippen LogP contribution in [0, 0.1) is 0 Å². The van der Waals surface area contributed by atoms with Crippen molar-refractivity contribution in [1.29, 1.82) is 0 Å². The third-order valence-corrected chi connectivity index (χ3v) is 4.12. The Hall–Kier alpha value is 1.19. The van der Waals surface area contributed by atoms with Crippen LogP contribution in [0.5, 0.6) is 0 Å². The Morgan fingerprint density at radius 1 is 0.438 bits per heavy atom. The van der Waals surface area contributed by atoms with Crippen molar-refractivity contribution in [2.45, 2.75) is 13.8 Å². The minimum absolute atomic E-state index is 1.59. The van der Waals surface area contributed by atoms with Gasteiger partial charge in [-0.3, -0.25) is 0 Å². The molecule has 8 heteroatoms. The van der Waals surface area contributed by atoms with E-state index in [4.69, 9.17) is 19.9 Å². The first-order chi connectivity index (χ1) is 7.69. The van der Waals surface area contributed by atoms with Gasteiger partial charge < -0.3 is 0 Å². The Kier molecular flexibility index (Phi) is 30.0. The topological polar surface area (TPSA) is 55.4 Å². The van der Waals surface area contributed by atoms with Gasteiger partial charge in [0.15, 0.2) is 0 Å². The van der Waals surface area contributed by atoms with E-state index in [1.54, 1.807) is 42.7 Å². The van der Waals surface area contributed by atoms with Crippen LogP contribution in [0.3, 0.4) is 0 Å². The van der Waals surface area contributed by atoms with Crippen LogP contribution >= 0.6 is 0 Å². The standard InChI is InChI=1S/C2H6.6CH3O.2Ti/c7*1-2;;/h1-2H3;6*1H3;;/q;6*-1;2*+3. The molecule has 0 aliphatic heterocycles. The summed E-state index contributed by atoms with van der Waals surface area (Å²) in [5.41, 5.74) is 0. The Bertz CT molecular complexity index is 77.5. The Labute approximate surface area is 114 Å². The van der Waals surface area contributed by atoms with Crippen molar-refractivity contribution in [3.05, 3.63) is 0 Å². The molecule has 16 heavy (non-hydrogen) atoms. The molecule has 0 aromatic rings. The quantitative estimate of drug-likeness (QED) is 0.695. The Balaban J connectivity index is -0.000000183. The number of hydrogen-bond donors (Lipinski definition) is 0. The van der Waals surface area contributed by atoms with Crippen LogP contribution in [0.4, 0.5) is 0 Å². The normalized spacial score (nSPS) is 8.25. The fourth-order valence-corrected chi connectivity index (χ4v) is 2.06. The van der Waals surface area contributed by atoms with Crippen molar-refractivity contribution >= 4 is 0 Å². The molecule has 0 N–H and O–H groups in total. The van der Waals surface area contributed by atoms with Crippen LogP contribution in [0.1, 0.15) is 13.8 Å². The molecule has 0 rings (SSSR count). The minimum atomic E-state index is -1.90. The maximum absolute atomic E-state index is 4.77. The molecule has 0 aliphatic carbocycles. The van der Waals surface area contributed by atoms with E-state index in [-0.39, 0.29) is 0 Å². The molecule has 0 saturated carbocycles. The molecule has 0 fully saturated rings. The van der Waals surface area contributed by atoms with E-state index in [1.807, 2.05) is 13.8 Å². The SMILES string of the molecule is CC.C[O][Ti]([O]C)[O]C.C[O][Ti]([O]C)[O]C. The van der Waals surface area contributed by atoms with Gasteiger partial charge in [0.25, 0.3) is 0 Å². The molecule has 0 amide bonds. The van der Waals surface area contributed by atoms with Crippen molar-refractivity contribution in [1.82, 2.24) is 0 Å². The third-order valence-electron chi connectivity index (χ3n) is 1.00. The van der Waals surface area contributed by atoms with Gasteiger partial charge in [0.05, 0.1) is 0 Å². The van der Waals surface area contributed by atoms with Gasteiger partial charge >= 0.3 is 101 Å². The zero-order chi connectivity index (χ0) is 13.4. The average molecular weight is 312 g/mol. The molecule has 0 unspecified atom stereocenters. The van der Waals surface area contributed by atoms with Gasteiger partial charge in [-0.2, -0.15) is 0 Å². The van der Waals surface area contributed by atoms with Gasteiger partial charge in [0.1, 0.15) is 0 Å². The monoisotopic (exact) mass is 312 g/mol. The van der Waals surface area contributed by atoms with Crippen molar-refractivity contribution in [2.75, 3.05) is 42.7 Å². The molecule has 100 valence electrons. The first kappa shape index (κ1) is 22.4.